The molecule has 0 aliphatic carbocycles. The topological polar surface area (TPSA) is 42.2 Å². The molecule has 1 N–H and O–H groups in total. The minimum atomic E-state index is -0.102. The molecule has 0 radical (unpaired) electrons. The number of benzene rings is 1. The fraction of sp³-hybridized carbons (Fsp3) is 0.286. The molecule has 4 nitrogen and oxygen atoms in total. The van der Waals surface area contributed by atoms with Crippen molar-refractivity contribution in [3.63, 3.8) is 0 Å². The minimum absolute atomic E-state index is 0.102. The number of fused-ring (bicyclic) bond motifs is 1. The number of pyridine rings is 2. The molecule has 162 valence electrons. The van der Waals surface area contributed by atoms with Crippen molar-refractivity contribution in [2.75, 3.05) is 5.32 Å². The monoisotopic (exact) mass is 422 g/mol. The first kappa shape index (κ1) is 21.6. The summed E-state index contributed by atoms with van der Waals surface area (Å²) in [6, 6.07) is 18.5. The van der Waals surface area contributed by atoms with Gasteiger partial charge in [-0.2, -0.15) is 0 Å². The molecule has 4 heteroatoms. The van der Waals surface area contributed by atoms with Gasteiger partial charge in [0.25, 0.3) is 0 Å². The molecule has 0 amide bonds. The summed E-state index contributed by atoms with van der Waals surface area (Å²) in [6.45, 7) is 12.9. The Hall–Kier alpha value is -3.58. The molecule has 32 heavy (non-hydrogen) atoms. The number of nitrogens with zero attached hydrogens (tertiary/aromatic N) is 3. The molecule has 0 aliphatic heterocycles. The largest absolute Gasteiger partial charge is 0.365 e. The molecule has 0 fully saturated rings. The maximum absolute atomic E-state index is 5.02. The van der Waals surface area contributed by atoms with Crippen LogP contribution in [0.25, 0.3) is 16.9 Å². The first-order valence-corrected chi connectivity index (χ1v) is 11.1. The van der Waals surface area contributed by atoms with E-state index in [1.807, 2.05) is 37.3 Å². The first-order valence-electron chi connectivity index (χ1n) is 11.1. The van der Waals surface area contributed by atoms with Gasteiger partial charge in [0.15, 0.2) is 0 Å². The van der Waals surface area contributed by atoms with E-state index in [9.17, 15) is 0 Å². The Morgan fingerprint density at radius 3 is 2.44 bits per heavy atom. The Balaban J connectivity index is 1.80. The highest BCUT2D eigenvalue weighted by molar-refractivity contribution is 5.78. The van der Waals surface area contributed by atoms with E-state index in [2.05, 4.69) is 91.6 Å². The summed E-state index contributed by atoms with van der Waals surface area (Å²) < 4.78 is 2.14. The van der Waals surface area contributed by atoms with Crippen molar-refractivity contribution in [2.45, 2.75) is 53.0 Å². The van der Waals surface area contributed by atoms with Crippen LogP contribution in [0.1, 0.15) is 63.1 Å². The Labute approximate surface area is 190 Å². The predicted molar refractivity (Wildman–Crippen MR) is 133 cm³/mol. The molecule has 3 aromatic heterocycles. The lowest BCUT2D eigenvalue weighted by molar-refractivity contribution is 0.629. The quantitative estimate of drug-likeness (QED) is 0.386. The predicted octanol–water partition coefficient (Wildman–Crippen LogP) is 6.44. The van der Waals surface area contributed by atoms with E-state index in [0.717, 1.165) is 39.7 Å². The van der Waals surface area contributed by atoms with Gasteiger partial charge in [-0.3, -0.25) is 4.40 Å². The smallest absolute Gasteiger partial charge is 0.139 e. The van der Waals surface area contributed by atoms with E-state index < -0.39 is 0 Å². The second-order valence-corrected chi connectivity index (χ2v) is 9.52. The number of aryl methyl sites for hydroxylation is 1. The van der Waals surface area contributed by atoms with Gasteiger partial charge in [-0.15, -0.1) is 0 Å². The highest BCUT2D eigenvalue weighted by atomic mass is 15.2. The van der Waals surface area contributed by atoms with Gasteiger partial charge in [0.1, 0.15) is 22.9 Å². The maximum atomic E-state index is 5.02. The number of imidazole rings is 1. The zero-order chi connectivity index (χ0) is 22.9. The standard InChI is InChI=1S/C28H30N4/c1-19(2)22-15-16-32-25(18-22)30-26(27(32)31-28(4,5)6)23-11-8-10-21(17-23)13-14-24-12-7-9-20(3)29-24/h7-12,15-19,31H,1-6H3. The van der Waals surface area contributed by atoms with E-state index >= 15 is 0 Å². The number of nitrogens with one attached hydrogen (secondary N) is 1. The zero-order valence-corrected chi connectivity index (χ0v) is 19.7. The van der Waals surface area contributed by atoms with Gasteiger partial charge >= 0.3 is 0 Å². The first-order chi connectivity index (χ1) is 15.2. The summed E-state index contributed by atoms with van der Waals surface area (Å²) >= 11 is 0. The molecule has 0 spiro atoms. The van der Waals surface area contributed by atoms with Gasteiger partial charge < -0.3 is 5.32 Å². The lowest BCUT2D eigenvalue weighted by atomic mass is 10.1. The highest BCUT2D eigenvalue weighted by Gasteiger charge is 2.20. The van der Waals surface area contributed by atoms with Crippen LogP contribution >= 0.6 is 0 Å². The molecule has 4 aromatic rings. The summed E-state index contributed by atoms with van der Waals surface area (Å²) in [5, 5.41) is 3.66. The number of anilines is 1. The maximum Gasteiger partial charge on any atom is 0.139 e. The molecule has 4 rings (SSSR count). The Bertz CT molecular complexity index is 1330. The fourth-order valence-corrected chi connectivity index (χ4v) is 3.59. The average molecular weight is 423 g/mol. The molecule has 1 aromatic carbocycles. The summed E-state index contributed by atoms with van der Waals surface area (Å²) in [5.41, 5.74) is 6.77. The third-order valence-corrected chi connectivity index (χ3v) is 5.17. The summed E-state index contributed by atoms with van der Waals surface area (Å²) in [7, 11) is 0. The number of hydrogen-bond acceptors (Lipinski definition) is 3. The van der Waals surface area contributed by atoms with E-state index in [0.29, 0.717) is 5.92 Å². The number of hydrogen-bond donors (Lipinski definition) is 1. The van der Waals surface area contributed by atoms with Crippen molar-refractivity contribution < 1.29 is 0 Å². The highest BCUT2D eigenvalue weighted by Crippen LogP contribution is 2.32. The molecular formula is C28H30N4. The van der Waals surface area contributed by atoms with Crippen molar-refractivity contribution in [3.05, 3.63) is 83.3 Å². The zero-order valence-electron chi connectivity index (χ0n) is 19.7. The van der Waals surface area contributed by atoms with Crippen LogP contribution in [0.2, 0.25) is 0 Å². The van der Waals surface area contributed by atoms with E-state index in [1.165, 1.54) is 5.56 Å². The molecule has 0 saturated carbocycles. The number of rotatable bonds is 3. The lowest BCUT2D eigenvalue weighted by Crippen LogP contribution is -2.27. The van der Waals surface area contributed by atoms with Crippen LogP contribution in [0.4, 0.5) is 5.82 Å². The van der Waals surface area contributed by atoms with Crippen molar-refractivity contribution >= 4 is 11.5 Å². The Morgan fingerprint density at radius 2 is 1.72 bits per heavy atom. The van der Waals surface area contributed by atoms with E-state index in [1.54, 1.807) is 0 Å². The van der Waals surface area contributed by atoms with Gasteiger partial charge in [0.2, 0.25) is 0 Å². The third kappa shape index (κ3) is 4.84. The molecule has 0 bridgehead atoms. The Morgan fingerprint density at radius 1 is 0.938 bits per heavy atom. The van der Waals surface area contributed by atoms with Crippen molar-refractivity contribution in [2.24, 2.45) is 0 Å². The molecule has 0 atom stereocenters. The lowest BCUT2D eigenvalue weighted by Gasteiger charge is -2.22. The SMILES string of the molecule is Cc1cccc(C#Cc2cccc(-c3nc4cc(C(C)C)ccn4c3NC(C)(C)C)c2)n1. The van der Waals surface area contributed by atoms with Gasteiger partial charge in [0, 0.05) is 28.6 Å². The van der Waals surface area contributed by atoms with Gasteiger partial charge in [-0.25, -0.2) is 9.97 Å². The van der Waals surface area contributed by atoms with Crippen LogP contribution in [-0.2, 0) is 0 Å². The van der Waals surface area contributed by atoms with Gasteiger partial charge in [0.05, 0.1) is 0 Å². The second kappa shape index (κ2) is 8.51. The van der Waals surface area contributed by atoms with Crippen molar-refractivity contribution in [1.82, 2.24) is 14.4 Å². The van der Waals surface area contributed by atoms with Crippen LogP contribution in [0, 0.1) is 18.8 Å². The molecule has 3 heterocycles. The van der Waals surface area contributed by atoms with Crippen LogP contribution in [0.3, 0.4) is 0 Å². The van der Waals surface area contributed by atoms with Crippen LogP contribution in [0.5, 0.6) is 0 Å². The molecular weight excluding hydrogens is 392 g/mol. The fourth-order valence-electron chi connectivity index (χ4n) is 3.59. The Kier molecular flexibility index (Phi) is 5.76. The van der Waals surface area contributed by atoms with Crippen molar-refractivity contribution in [1.29, 1.82) is 0 Å². The average Bonchev–Trinajstić information content (AvgIpc) is 3.08. The van der Waals surface area contributed by atoms with E-state index in [-0.39, 0.29) is 5.54 Å². The van der Waals surface area contributed by atoms with Crippen LogP contribution < -0.4 is 5.32 Å². The normalized spacial score (nSPS) is 11.5. The summed E-state index contributed by atoms with van der Waals surface area (Å²) in [4.78, 5) is 9.50. The molecule has 0 aliphatic rings. The van der Waals surface area contributed by atoms with Crippen molar-refractivity contribution in [3.8, 4) is 23.1 Å². The summed E-state index contributed by atoms with van der Waals surface area (Å²) in [6.07, 6.45) is 2.11. The number of aromatic nitrogens is 3. The molecule has 0 unspecified atom stereocenters. The molecule has 0 saturated heterocycles. The van der Waals surface area contributed by atoms with Crippen LogP contribution in [-0.4, -0.2) is 19.9 Å². The van der Waals surface area contributed by atoms with Crippen LogP contribution in [0.15, 0.2) is 60.8 Å². The summed E-state index contributed by atoms with van der Waals surface area (Å²) in [5.74, 6) is 7.88. The van der Waals surface area contributed by atoms with Gasteiger partial charge in [-0.05, 0) is 81.5 Å². The van der Waals surface area contributed by atoms with Gasteiger partial charge in [-0.1, -0.05) is 38.0 Å². The minimum Gasteiger partial charge on any atom is -0.365 e. The third-order valence-electron chi connectivity index (χ3n) is 5.17. The van der Waals surface area contributed by atoms with E-state index in [4.69, 9.17) is 4.98 Å². The second-order valence-electron chi connectivity index (χ2n) is 9.52.